The van der Waals surface area contributed by atoms with Crippen LogP contribution < -0.4 is 0 Å². The van der Waals surface area contributed by atoms with Crippen molar-refractivity contribution in [3.05, 3.63) is 61.8 Å². The predicted molar refractivity (Wildman–Crippen MR) is 133 cm³/mol. The summed E-state index contributed by atoms with van der Waals surface area (Å²) in [7, 11) is 0. The summed E-state index contributed by atoms with van der Waals surface area (Å²) in [6.45, 7) is 5.40. The normalized spacial score (nSPS) is 15.2. The molecule has 1 unspecified atom stereocenters. The Kier molecular flexibility index (Phi) is 7.10. The number of rotatable bonds is 4. The van der Waals surface area contributed by atoms with E-state index in [9.17, 15) is 9.59 Å². The molecule has 0 bridgehead atoms. The zero-order valence-electron chi connectivity index (χ0n) is 18.1. The van der Waals surface area contributed by atoms with Crippen molar-refractivity contribution in [1.29, 1.82) is 0 Å². The summed E-state index contributed by atoms with van der Waals surface area (Å²) < 4.78 is 1.89. The van der Waals surface area contributed by atoms with Crippen LogP contribution in [0.15, 0.2) is 30.3 Å². The smallest absolute Gasteiger partial charge is 0.245 e. The molecule has 0 N–H and O–H groups in total. The molecule has 2 amide bonds. The molecular formula is C23H22Cl4N4O2. The lowest BCUT2D eigenvalue weighted by Crippen LogP contribution is -2.51. The van der Waals surface area contributed by atoms with E-state index in [2.05, 4.69) is 0 Å². The Morgan fingerprint density at radius 2 is 1.58 bits per heavy atom. The Balaban J connectivity index is 1.71. The highest BCUT2D eigenvalue weighted by atomic mass is 35.5. The number of imidazole rings is 1. The number of nitrogens with zero attached hydrogens (tertiary/aromatic N) is 4. The monoisotopic (exact) mass is 526 g/mol. The van der Waals surface area contributed by atoms with Gasteiger partial charge in [0.05, 0.1) is 21.1 Å². The molecule has 3 aromatic rings. The lowest BCUT2D eigenvalue weighted by Gasteiger charge is -2.36. The highest BCUT2D eigenvalue weighted by Gasteiger charge is 2.29. The maximum Gasteiger partial charge on any atom is 0.245 e. The van der Waals surface area contributed by atoms with Gasteiger partial charge >= 0.3 is 0 Å². The first-order valence-corrected chi connectivity index (χ1v) is 12.0. The minimum Gasteiger partial charge on any atom is -0.339 e. The van der Waals surface area contributed by atoms with Crippen LogP contribution in [0, 0.1) is 0 Å². The van der Waals surface area contributed by atoms with Gasteiger partial charge in [-0.05, 0) is 36.8 Å². The Bertz CT molecular complexity index is 1230. The average Bonchev–Trinajstić information content (AvgIpc) is 3.11. The van der Waals surface area contributed by atoms with Crippen molar-refractivity contribution in [2.45, 2.75) is 26.3 Å². The topological polar surface area (TPSA) is 58.4 Å². The Labute approximate surface area is 212 Å². The van der Waals surface area contributed by atoms with E-state index in [0.717, 1.165) is 5.56 Å². The van der Waals surface area contributed by atoms with Gasteiger partial charge in [-0.1, -0.05) is 52.5 Å². The number of piperazine rings is 1. The number of benzene rings is 2. The summed E-state index contributed by atoms with van der Waals surface area (Å²) in [4.78, 5) is 33.4. The van der Waals surface area contributed by atoms with Gasteiger partial charge in [-0.25, -0.2) is 4.98 Å². The molecule has 0 aliphatic carbocycles. The third-order valence-corrected chi connectivity index (χ3v) is 7.26. The van der Waals surface area contributed by atoms with Gasteiger partial charge < -0.3 is 14.4 Å². The van der Waals surface area contributed by atoms with Crippen LogP contribution in [0.1, 0.15) is 31.3 Å². The van der Waals surface area contributed by atoms with Crippen LogP contribution in [0.4, 0.5) is 0 Å². The third-order valence-electron chi connectivity index (χ3n) is 5.95. The van der Waals surface area contributed by atoms with E-state index in [0.29, 0.717) is 69.5 Å². The number of hydrogen-bond donors (Lipinski definition) is 0. The second kappa shape index (κ2) is 9.71. The molecule has 2 heterocycles. The van der Waals surface area contributed by atoms with Crippen LogP contribution in [0.25, 0.3) is 11.0 Å². The van der Waals surface area contributed by atoms with E-state index >= 15 is 0 Å². The molecule has 1 saturated heterocycles. The molecule has 1 aliphatic heterocycles. The number of carbonyl (C=O) groups is 2. The van der Waals surface area contributed by atoms with Crippen molar-refractivity contribution in [1.82, 2.24) is 19.4 Å². The summed E-state index contributed by atoms with van der Waals surface area (Å²) in [6, 6.07) is 8.19. The van der Waals surface area contributed by atoms with Gasteiger partial charge in [0.15, 0.2) is 0 Å². The Hall–Kier alpha value is -1.99. The lowest BCUT2D eigenvalue weighted by molar-refractivity contribution is -0.140. The molecule has 174 valence electrons. The number of halogens is 4. The average molecular weight is 528 g/mol. The van der Waals surface area contributed by atoms with Crippen molar-refractivity contribution in [3.63, 3.8) is 0 Å². The van der Waals surface area contributed by atoms with Crippen molar-refractivity contribution in [2.24, 2.45) is 0 Å². The lowest BCUT2D eigenvalue weighted by atomic mass is 10.1. The van der Waals surface area contributed by atoms with Gasteiger partial charge in [-0.3, -0.25) is 9.59 Å². The summed E-state index contributed by atoms with van der Waals surface area (Å²) in [5.74, 6) is 0.632. The van der Waals surface area contributed by atoms with Crippen molar-refractivity contribution < 1.29 is 9.59 Å². The minimum absolute atomic E-state index is 0.0180. The molecule has 4 rings (SSSR count). The van der Waals surface area contributed by atoms with Crippen LogP contribution >= 0.6 is 46.4 Å². The van der Waals surface area contributed by atoms with E-state index in [1.165, 1.54) is 0 Å². The molecule has 2 aromatic carbocycles. The molecule has 10 heteroatoms. The van der Waals surface area contributed by atoms with Crippen molar-refractivity contribution in [3.8, 4) is 0 Å². The highest BCUT2D eigenvalue weighted by molar-refractivity contribution is 6.42. The zero-order chi connectivity index (χ0) is 23.9. The standard InChI is InChI=1S/C23H22Cl4N4O2/c1-13(23(33)30-7-5-29(6-8-30)14(2)32)31-21-12-19(27)18(26)11-20(21)28-22(31)9-15-3-4-16(24)10-17(15)25/h3-4,10-13H,5-9H2,1-2H3. The van der Waals surface area contributed by atoms with Crippen LogP contribution in [0.2, 0.25) is 20.1 Å². The molecule has 1 aromatic heterocycles. The number of carbonyl (C=O) groups excluding carboxylic acids is 2. The van der Waals surface area contributed by atoms with Crippen LogP contribution in [0.5, 0.6) is 0 Å². The summed E-state index contributed by atoms with van der Waals surface area (Å²) in [5.41, 5.74) is 2.20. The van der Waals surface area contributed by atoms with E-state index in [-0.39, 0.29) is 11.8 Å². The molecule has 0 radical (unpaired) electrons. The number of hydrogen-bond acceptors (Lipinski definition) is 3. The molecule has 1 aliphatic rings. The van der Waals surface area contributed by atoms with E-state index < -0.39 is 6.04 Å². The minimum atomic E-state index is -0.544. The molecule has 0 saturated carbocycles. The maximum absolute atomic E-state index is 13.5. The number of fused-ring (bicyclic) bond motifs is 1. The quantitative estimate of drug-likeness (QED) is 0.450. The SMILES string of the molecule is CC(=O)N1CCN(C(=O)C(C)n2c(Cc3ccc(Cl)cc3Cl)nc3cc(Cl)c(Cl)cc32)CC1. The van der Waals surface area contributed by atoms with E-state index in [4.69, 9.17) is 51.4 Å². The van der Waals surface area contributed by atoms with Crippen LogP contribution in [-0.4, -0.2) is 57.3 Å². The third kappa shape index (κ3) is 4.94. The first-order chi connectivity index (χ1) is 15.7. The van der Waals surface area contributed by atoms with Crippen LogP contribution in [0.3, 0.4) is 0 Å². The first kappa shape index (κ1) is 24.1. The van der Waals surface area contributed by atoms with Gasteiger partial charge in [0.25, 0.3) is 0 Å². The zero-order valence-corrected chi connectivity index (χ0v) is 21.1. The van der Waals surface area contributed by atoms with E-state index in [1.807, 2.05) is 17.6 Å². The summed E-state index contributed by atoms with van der Waals surface area (Å²) >= 11 is 25.0. The molecule has 1 atom stereocenters. The van der Waals surface area contributed by atoms with Gasteiger partial charge in [0, 0.05) is 49.6 Å². The summed E-state index contributed by atoms with van der Waals surface area (Å²) in [5, 5.41) is 1.85. The fourth-order valence-corrected chi connectivity index (χ4v) is 4.94. The van der Waals surface area contributed by atoms with Crippen molar-refractivity contribution >= 4 is 69.3 Å². The Morgan fingerprint density at radius 1 is 0.939 bits per heavy atom. The number of aromatic nitrogens is 2. The number of amides is 2. The largest absolute Gasteiger partial charge is 0.339 e. The van der Waals surface area contributed by atoms with Gasteiger partial charge in [0.1, 0.15) is 11.9 Å². The van der Waals surface area contributed by atoms with Gasteiger partial charge in [0.2, 0.25) is 11.8 Å². The molecule has 0 spiro atoms. The molecule has 1 fully saturated rings. The first-order valence-electron chi connectivity index (χ1n) is 10.5. The molecule has 33 heavy (non-hydrogen) atoms. The van der Waals surface area contributed by atoms with Crippen LogP contribution in [-0.2, 0) is 16.0 Å². The molecule has 6 nitrogen and oxygen atoms in total. The second-order valence-corrected chi connectivity index (χ2v) is 9.73. The Morgan fingerprint density at radius 3 is 2.21 bits per heavy atom. The van der Waals surface area contributed by atoms with Gasteiger partial charge in [-0.2, -0.15) is 0 Å². The van der Waals surface area contributed by atoms with Crippen molar-refractivity contribution in [2.75, 3.05) is 26.2 Å². The van der Waals surface area contributed by atoms with E-state index in [1.54, 1.807) is 41.0 Å². The fourth-order valence-electron chi connectivity index (χ4n) is 4.15. The highest BCUT2D eigenvalue weighted by Crippen LogP contribution is 2.32. The predicted octanol–water partition coefficient (Wildman–Crippen LogP) is 5.49. The summed E-state index contributed by atoms with van der Waals surface area (Å²) in [6.07, 6.45) is 0.398. The molecular weight excluding hydrogens is 506 g/mol. The maximum atomic E-state index is 13.5. The second-order valence-electron chi connectivity index (χ2n) is 8.07. The van der Waals surface area contributed by atoms with Gasteiger partial charge in [-0.15, -0.1) is 0 Å². The fraction of sp³-hybridized carbons (Fsp3) is 0.348.